The van der Waals surface area contributed by atoms with E-state index in [2.05, 4.69) is 9.88 Å². The molecule has 1 saturated carbocycles. The summed E-state index contributed by atoms with van der Waals surface area (Å²) in [5.41, 5.74) is 1.39. The van der Waals surface area contributed by atoms with Crippen LogP contribution in [0.25, 0.3) is 5.65 Å². The molecule has 2 fully saturated rings. The fourth-order valence-corrected chi connectivity index (χ4v) is 4.47. The van der Waals surface area contributed by atoms with Crippen molar-refractivity contribution in [3.63, 3.8) is 0 Å². The maximum absolute atomic E-state index is 12.6. The van der Waals surface area contributed by atoms with Crippen molar-refractivity contribution < 1.29 is 4.79 Å². The molecule has 1 aliphatic carbocycles. The van der Waals surface area contributed by atoms with Crippen LogP contribution in [-0.2, 0) is 11.2 Å². The zero-order chi connectivity index (χ0) is 16.0. The van der Waals surface area contributed by atoms with Gasteiger partial charge in [0.1, 0.15) is 0 Å². The largest absolute Gasteiger partial charge is 0.339 e. The van der Waals surface area contributed by atoms with E-state index in [4.69, 9.17) is 23.2 Å². The van der Waals surface area contributed by atoms with Crippen molar-refractivity contribution in [3.8, 4) is 0 Å². The van der Waals surface area contributed by atoms with Crippen molar-refractivity contribution in [1.29, 1.82) is 0 Å². The highest BCUT2D eigenvalue weighted by atomic mass is 35.5. The van der Waals surface area contributed by atoms with E-state index in [-0.39, 0.29) is 5.91 Å². The first-order chi connectivity index (χ1) is 11.1. The van der Waals surface area contributed by atoms with Crippen molar-refractivity contribution in [2.24, 2.45) is 5.92 Å². The molecule has 0 bridgehead atoms. The molecule has 0 aromatic carbocycles. The summed E-state index contributed by atoms with van der Waals surface area (Å²) >= 11 is 12.2. The van der Waals surface area contributed by atoms with Crippen molar-refractivity contribution in [3.05, 3.63) is 34.2 Å². The van der Waals surface area contributed by atoms with Gasteiger partial charge in [-0.25, -0.2) is 4.98 Å². The SMILES string of the molecule is O=C(Cc1cn2cc(Cl)cc(Cl)c2n1)N1C[C@H]2CCCCC[C@@H]21. The molecule has 23 heavy (non-hydrogen) atoms. The van der Waals surface area contributed by atoms with Crippen molar-refractivity contribution in [1.82, 2.24) is 14.3 Å². The third-order valence-electron chi connectivity index (χ3n) is 5.13. The molecule has 1 amide bonds. The first kappa shape index (κ1) is 15.3. The second kappa shape index (κ2) is 5.99. The third-order valence-corrected chi connectivity index (χ3v) is 5.61. The Morgan fingerprint density at radius 1 is 1.22 bits per heavy atom. The average Bonchev–Trinajstić information content (AvgIpc) is 2.77. The number of halogens is 2. The number of nitrogens with zero attached hydrogens (tertiary/aromatic N) is 3. The van der Waals surface area contributed by atoms with Crippen LogP contribution in [0, 0.1) is 5.92 Å². The first-order valence-electron chi connectivity index (χ1n) is 8.24. The summed E-state index contributed by atoms with van der Waals surface area (Å²) in [6.45, 7) is 0.920. The fourth-order valence-electron chi connectivity index (χ4n) is 3.94. The number of imidazole rings is 1. The van der Waals surface area contributed by atoms with Gasteiger partial charge in [0.15, 0.2) is 5.65 Å². The predicted molar refractivity (Wildman–Crippen MR) is 91.0 cm³/mol. The minimum Gasteiger partial charge on any atom is -0.339 e. The quantitative estimate of drug-likeness (QED) is 0.820. The summed E-state index contributed by atoms with van der Waals surface area (Å²) in [6.07, 6.45) is 10.2. The second-order valence-electron chi connectivity index (χ2n) is 6.66. The number of hydrogen-bond donors (Lipinski definition) is 0. The third kappa shape index (κ3) is 2.83. The van der Waals surface area contributed by atoms with Crippen LogP contribution in [0.15, 0.2) is 18.5 Å². The number of aromatic nitrogens is 2. The number of hydrogen-bond acceptors (Lipinski definition) is 2. The molecule has 2 aliphatic rings. The Hall–Kier alpha value is -1.26. The van der Waals surface area contributed by atoms with E-state index >= 15 is 0 Å². The molecular formula is C17H19Cl2N3O. The molecule has 4 nitrogen and oxygen atoms in total. The summed E-state index contributed by atoms with van der Waals surface area (Å²) < 4.78 is 1.79. The van der Waals surface area contributed by atoms with Gasteiger partial charge < -0.3 is 9.30 Å². The van der Waals surface area contributed by atoms with Gasteiger partial charge in [-0.2, -0.15) is 0 Å². The van der Waals surface area contributed by atoms with Crippen LogP contribution in [0.5, 0.6) is 0 Å². The number of amides is 1. The number of carbonyl (C=O) groups excluding carboxylic acids is 1. The lowest BCUT2D eigenvalue weighted by Crippen LogP contribution is -2.58. The Morgan fingerprint density at radius 3 is 2.91 bits per heavy atom. The summed E-state index contributed by atoms with van der Waals surface area (Å²) in [4.78, 5) is 19.1. The normalized spacial score (nSPS) is 24.2. The van der Waals surface area contributed by atoms with Gasteiger partial charge >= 0.3 is 0 Å². The van der Waals surface area contributed by atoms with Gasteiger partial charge in [-0.15, -0.1) is 0 Å². The van der Waals surface area contributed by atoms with Crippen LogP contribution >= 0.6 is 23.2 Å². The summed E-state index contributed by atoms with van der Waals surface area (Å²) in [5, 5.41) is 1.06. The number of carbonyl (C=O) groups is 1. The molecule has 6 heteroatoms. The highest BCUT2D eigenvalue weighted by molar-refractivity contribution is 6.36. The number of fused-ring (bicyclic) bond motifs is 2. The molecule has 122 valence electrons. The highest BCUT2D eigenvalue weighted by Gasteiger charge is 2.41. The predicted octanol–water partition coefficient (Wildman–Crippen LogP) is 3.97. The zero-order valence-electron chi connectivity index (χ0n) is 12.8. The molecule has 0 N–H and O–H groups in total. The molecular weight excluding hydrogens is 333 g/mol. The Bertz CT molecular complexity index is 758. The summed E-state index contributed by atoms with van der Waals surface area (Å²) in [6, 6.07) is 2.13. The van der Waals surface area contributed by atoms with Gasteiger partial charge in [-0.05, 0) is 24.8 Å². The second-order valence-corrected chi connectivity index (χ2v) is 7.50. The topological polar surface area (TPSA) is 37.6 Å². The molecule has 1 aliphatic heterocycles. The maximum Gasteiger partial charge on any atom is 0.228 e. The molecule has 1 saturated heterocycles. The lowest BCUT2D eigenvalue weighted by atomic mass is 9.84. The summed E-state index contributed by atoms with van der Waals surface area (Å²) in [7, 11) is 0. The molecule has 2 aromatic rings. The van der Waals surface area contributed by atoms with Crippen molar-refractivity contribution in [2.75, 3.05) is 6.54 Å². The lowest BCUT2D eigenvalue weighted by molar-refractivity contribution is -0.143. The Morgan fingerprint density at radius 2 is 2.04 bits per heavy atom. The van der Waals surface area contributed by atoms with Gasteiger partial charge in [0.25, 0.3) is 0 Å². The average molecular weight is 352 g/mol. The highest BCUT2D eigenvalue weighted by Crippen LogP contribution is 2.36. The van der Waals surface area contributed by atoms with Crippen LogP contribution in [0.3, 0.4) is 0 Å². The van der Waals surface area contributed by atoms with Gasteiger partial charge in [-0.1, -0.05) is 42.5 Å². The van der Waals surface area contributed by atoms with Gasteiger partial charge in [0.05, 0.1) is 22.2 Å². The van der Waals surface area contributed by atoms with Crippen LogP contribution in [0.2, 0.25) is 10.0 Å². The van der Waals surface area contributed by atoms with Crippen LogP contribution in [0.4, 0.5) is 0 Å². The molecule has 0 spiro atoms. The van der Waals surface area contributed by atoms with Crippen LogP contribution < -0.4 is 0 Å². The number of pyridine rings is 1. The van der Waals surface area contributed by atoms with Crippen LogP contribution in [0.1, 0.15) is 37.8 Å². The standard InChI is InChI=1S/C17H19Cl2N3O/c18-12-6-14(19)17-20-13(10-21(17)9-12)7-16(23)22-8-11-4-2-1-3-5-15(11)22/h6,9-11,15H,1-5,7-8H2/t11-,15+/m1/s1. The fraction of sp³-hybridized carbons (Fsp3) is 0.529. The smallest absolute Gasteiger partial charge is 0.228 e. The van der Waals surface area contributed by atoms with E-state index in [1.165, 1.54) is 25.7 Å². The van der Waals surface area contributed by atoms with Gasteiger partial charge in [0.2, 0.25) is 5.91 Å². The van der Waals surface area contributed by atoms with Gasteiger partial charge in [0, 0.05) is 25.0 Å². The molecule has 2 atom stereocenters. The first-order valence-corrected chi connectivity index (χ1v) is 8.99. The molecule has 4 rings (SSSR count). The lowest BCUT2D eigenvalue weighted by Gasteiger charge is -2.47. The minimum absolute atomic E-state index is 0.179. The van der Waals surface area contributed by atoms with Crippen molar-refractivity contribution >= 4 is 34.8 Å². The number of likely N-dealkylation sites (tertiary alicyclic amines) is 1. The zero-order valence-corrected chi connectivity index (χ0v) is 14.4. The van der Waals surface area contributed by atoms with E-state index in [0.717, 1.165) is 24.6 Å². The number of rotatable bonds is 2. The van der Waals surface area contributed by atoms with E-state index < -0.39 is 0 Å². The minimum atomic E-state index is 0.179. The Kier molecular flexibility index (Phi) is 3.98. The summed E-state index contributed by atoms with van der Waals surface area (Å²) in [5.74, 6) is 0.898. The van der Waals surface area contributed by atoms with E-state index in [1.54, 1.807) is 16.7 Å². The molecule has 0 unspecified atom stereocenters. The van der Waals surface area contributed by atoms with Crippen molar-refractivity contribution in [2.45, 2.75) is 44.6 Å². The Labute approximate surface area is 145 Å². The molecule has 2 aromatic heterocycles. The monoisotopic (exact) mass is 351 g/mol. The molecule has 0 radical (unpaired) electrons. The van der Waals surface area contributed by atoms with Gasteiger partial charge in [-0.3, -0.25) is 4.79 Å². The molecule has 3 heterocycles. The van der Waals surface area contributed by atoms with Crippen LogP contribution in [-0.4, -0.2) is 32.8 Å². The van der Waals surface area contributed by atoms with E-state index in [0.29, 0.717) is 28.2 Å². The van der Waals surface area contributed by atoms with E-state index in [1.807, 2.05) is 6.20 Å². The van der Waals surface area contributed by atoms with E-state index in [9.17, 15) is 4.79 Å². The Balaban J connectivity index is 1.50. The maximum atomic E-state index is 12.6.